The molecule has 0 radical (unpaired) electrons. The van der Waals surface area contributed by atoms with E-state index in [1.165, 1.54) is 11.8 Å². The quantitative estimate of drug-likeness (QED) is 0.681. The molecule has 5 heteroatoms. The second-order valence-corrected chi connectivity index (χ2v) is 4.08. The summed E-state index contributed by atoms with van der Waals surface area (Å²) in [6.45, 7) is 5.40. The molecule has 0 unspecified atom stereocenters. The van der Waals surface area contributed by atoms with E-state index in [9.17, 15) is 14.7 Å². The van der Waals surface area contributed by atoms with E-state index < -0.39 is 5.60 Å². The topological polar surface area (TPSA) is 69.6 Å². The highest BCUT2D eigenvalue weighted by molar-refractivity contribution is 5.83. The number of nitrogens with one attached hydrogen (secondary N) is 1. The molecule has 0 bridgehead atoms. The van der Waals surface area contributed by atoms with Crippen LogP contribution in [0.3, 0.4) is 0 Å². The van der Waals surface area contributed by atoms with E-state index in [4.69, 9.17) is 0 Å². The van der Waals surface area contributed by atoms with Crippen LogP contribution >= 0.6 is 0 Å². The zero-order chi connectivity index (χ0) is 12.8. The van der Waals surface area contributed by atoms with Gasteiger partial charge in [-0.05, 0) is 12.8 Å². The van der Waals surface area contributed by atoms with Crippen molar-refractivity contribution in [1.29, 1.82) is 0 Å². The molecule has 0 rings (SSSR count). The fourth-order valence-corrected chi connectivity index (χ4v) is 1.15. The van der Waals surface area contributed by atoms with Crippen molar-refractivity contribution in [2.45, 2.75) is 39.2 Å². The SMILES string of the molecule is CCC(O)(CC)CNC(=O)CN(C)C(C)=O. The van der Waals surface area contributed by atoms with Gasteiger partial charge in [-0.25, -0.2) is 0 Å². The Morgan fingerprint density at radius 2 is 1.81 bits per heavy atom. The van der Waals surface area contributed by atoms with Crippen molar-refractivity contribution >= 4 is 11.8 Å². The zero-order valence-electron chi connectivity index (χ0n) is 10.5. The summed E-state index contributed by atoms with van der Waals surface area (Å²) in [6, 6.07) is 0. The minimum atomic E-state index is -0.843. The van der Waals surface area contributed by atoms with Crippen molar-refractivity contribution in [3.63, 3.8) is 0 Å². The van der Waals surface area contributed by atoms with E-state index in [1.54, 1.807) is 7.05 Å². The maximum absolute atomic E-state index is 11.4. The summed E-state index contributed by atoms with van der Waals surface area (Å²) in [5.74, 6) is -0.408. The Morgan fingerprint density at radius 1 is 1.31 bits per heavy atom. The van der Waals surface area contributed by atoms with E-state index in [0.717, 1.165) is 0 Å². The number of carbonyl (C=O) groups excluding carboxylic acids is 2. The first-order chi connectivity index (χ1) is 7.34. The molecule has 2 amide bonds. The second kappa shape index (κ2) is 6.48. The number of nitrogens with zero attached hydrogens (tertiary/aromatic N) is 1. The molecule has 16 heavy (non-hydrogen) atoms. The van der Waals surface area contributed by atoms with Gasteiger partial charge in [0.25, 0.3) is 0 Å². The third-order valence-corrected chi connectivity index (χ3v) is 2.85. The van der Waals surface area contributed by atoms with Crippen molar-refractivity contribution in [3.05, 3.63) is 0 Å². The highest BCUT2D eigenvalue weighted by atomic mass is 16.3. The molecular weight excluding hydrogens is 208 g/mol. The van der Waals surface area contributed by atoms with Gasteiger partial charge in [0.05, 0.1) is 12.1 Å². The third kappa shape index (κ3) is 5.11. The smallest absolute Gasteiger partial charge is 0.239 e. The van der Waals surface area contributed by atoms with Crippen molar-refractivity contribution < 1.29 is 14.7 Å². The van der Waals surface area contributed by atoms with Crippen LogP contribution in [0.4, 0.5) is 0 Å². The first-order valence-corrected chi connectivity index (χ1v) is 5.55. The molecule has 0 aromatic carbocycles. The summed E-state index contributed by atoms with van der Waals surface area (Å²) >= 11 is 0. The Labute approximate surface area is 96.8 Å². The first-order valence-electron chi connectivity index (χ1n) is 5.55. The fourth-order valence-electron chi connectivity index (χ4n) is 1.15. The number of aliphatic hydroxyl groups is 1. The van der Waals surface area contributed by atoms with Crippen LogP contribution in [0.25, 0.3) is 0 Å². The molecular formula is C11H22N2O3. The van der Waals surface area contributed by atoms with Crippen molar-refractivity contribution in [2.24, 2.45) is 0 Å². The monoisotopic (exact) mass is 230 g/mol. The molecule has 5 nitrogen and oxygen atoms in total. The third-order valence-electron chi connectivity index (χ3n) is 2.85. The summed E-state index contributed by atoms with van der Waals surface area (Å²) in [5.41, 5.74) is -0.843. The molecule has 94 valence electrons. The summed E-state index contributed by atoms with van der Waals surface area (Å²) in [5, 5.41) is 12.6. The predicted octanol–water partition coefficient (Wildman–Crippen LogP) is 0.132. The molecule has 0 aliphatic carbocycles. The van der Waals surface area contributed by atoms with Crippen LogP contribution in [0.2, 0.25) is 0 Å². The highest BCUT2D eigenvalue weighted by Gasteiger charge is 2.22. The molecule has 0 spiro atoms. The van der Waals surface area contributed by atoms with Gasteiger partial charge >= 0.3 is 0 Å². The number of rotatable bonds is 6. The highest BCUT2D eigenvalue weighted by Crippen LogP contribution is 2.12. The summed E-state index contributed by atoms with van der Waals surface area (Å²) in [7, 11) is 1.56. The Kier molecular flexibility index (Phi) is 6.03. The Hall–Kier alpha value is -1.10. The minimum absolute atomic E-state index is 0.0266. The molecule has 0 aliphatic rings. The lowest BCUT2D eigenvalue weighted by molar-refractivity contribution is -0.133. The van der Waals surface area contributed by atoms with Gasteiger partial charge < -0.3 is 15.3 Å². The van der Waals surface area contributed by atoms with E-state index in [2.05, 4.69) is 5.32 Å². The van der Waals surface area contributed by atoms with E-state index in [1.807, 2.05) is 13.8 Å². The van der Waals surface area contributed by atoms with Gasteiger partial charge in [0.15, 0.2) is 0 Å². The maximum Gasteiger partial charge on any atom is 0.239 e. The standard InChI is InChI=1S/C11H22N2O3/c1-5-11(16,6-2)8-12-10(15)7-13(4)9(3)14/h16H,5-8H2,1-4H3,(H,12,15). The van der Waals surface area contributed by atoms with Gasteiger partial charge in [-0.2, -0.15) is 0 Å². The van der Waals surface area contributed by atoms with Crippen molar-refractivity contribution in [2.75, 3.05) is 20.1 Å². The number of hydrogen-bond acceptors (Lipinski definition) is 3. The lowest BCUT2D eigenvalue weighted by Crippen LogP contribution is -2.45. The molecule has 2 N–H and O–H groups in total. The largest absolute Gasteiger partial charge is 0.388 e. The lowest BCUT2D eigenvalue weighted by Gasteiger charge is -2.25. The molecule has 0 atom stereocenters. The fraction of sp³-hybridized carbons (Fsp3) is 0.818. The van der Waals surface area contributed by atoms with Gasteiger partial charge in [0, 0.05) is 20.5 Å². The molecule has 0 fully saturated rings. The van der Waals surface area contributed by atoms with Gasteiger partial charge in [0.2, 0.25) is 11.8 Å². The van der Waals surface area contributed by atoms with Gasteiger partial charge in [-0.15, -0.1) is 0 Å². The molecule has 0 saturated carbocycles. The summed E-state index contributed by atoms with van der Waals surface area (Å²) < 4.78 is 0. The molecule has 0 aliphatic heterocycles. The van der Waals surface area contributed by atoms with Crippen LogP contribution in [0.15, 0.2) is 0 Å². The number of amides is 2. The number of carbonyl (C=O) groups is 2. The van der Waals surface area contributed by atoms with Crippen molar-refractivity contribution in [1.82, 2.24) is 10.2 Å². The molecule has 0 saturated heterocycles. The second-order valence-electron chi connectivity index (χ2n) is 4.08. The number of hydrogen-bond donors (Lipinski definition) is 2. The Morgan fingerprint density at radius 3 is 2.19 bits per heavy atom. The average molecular weight is 230 g/mol. The first kappa shape index (κ1) is 14.9. The van der Waals surface area contributed by atoms with Crippen LogP contribution < -0.4 is 5.32 Å². The van der Waals surface area contributed by atoms with Crippen LogP contribution in [0.5, 0.6) is 0 Å². The van der Waals surface area contributed by atoms with Crippen LogP contribution in [0.1, 0.15) is 33.6 Å². The van der Waals surface area contributed by atoms with Gasteiger partial charge in [0.1, 0.15) is 0 Å². The molecule has 0 aromatic heterocycles. The van der Waals surface area contributed by atoms with E-state index >= 15 is 0 Å². The van der Waals surface area contributed by atoms with Crippen LogP contribution in [-0.4, -0.2) is 47.6 Å². The minimum Gasteiger partial charge on any atom is -0.388 e. The summed E-state index contributed by atoms with van der Waals surface area (Å²) in [6.07, 6.45) is 1.18. The van der Waals surface area contributed by atoms with Gasteiger partial charge in [-0.3, -0.25) is 9.59 Å². The maximum atomic E-state index is 11.4. The summed E-state index contributed by atoms with van der Waals surface area (Å²) in [4.78, 5) is 23.6. The number of likely N-dealkylation sites (N-methyl/N-ethyl adjacent to an activating group) is 1. The van der Waals surface area contributed by atoms with Gasteiger partial charge in [-0.1, -0.05) is 13.8 Å². The normalized spacial score (nSPS) is 11.1. The Balaban J connectivity index is 4.03. The van der Waals surface area contributed by atoms with Crippen LogP contribution in [0, 0.1) is 0 Å². The molecule has 0 heterocycles. The predicted molar refractivity (Wildman–Crippen MR) is 61.9 cm³/mol. The van der Waals surface area contributed by atoms with E-state index in [-0.39, 0.29) is 24.9 Å². The zero-order valence-corrected chi connectivity index (χ0v) is 10.5. The van der Waals surface area contributed by atoms with E-state index in [0.29, 0.717) is 12.8 Å². The Bertz CT molecular complexity index is 250. The lowest BCUT2D eigenvalue weighted by atomic mass is 9.98. The van der Waals surface area contributed by atoms with Crippen molar-refractivity contribution in [3.8, 4) is 0 Å². The average Bonchev–Trinajstić information content (AvgIpc) is 2.25. The van der Waals surface area contributed by atoms with Crippen LogP contribution in [-0.2, 0) is 9.59 Å². The molecule has 0 aromatic rings.